The summed E-state index contributed by atoms with van der Waals surface area (Å²) < 4.78 is 7.42. The van der Waals surface area contributed by atoms with Crippen molar-refractivity contribution in [3.05, 3.63) is 83.9 Å². The monoisotopic (exact) mass is 572 g/mol. The van der Waals surface area contributed by atoms with Gasteiger partial charge in [-0.15, -0.1) is 0 Å². The number of aliphatic hydroxyl groups excluding tert-OH is 2. The predicted octanol–water partition coefficient (Wildman–Crippen LogP) is 1.66. The van der Waals surface area contributed by atoms with Gasteiger partial charge in [-0.25, -0.2) is 19.9 Å². The minimum absolute atomic E-state index is 0.00867. The van der Waals surface area contributed by atoms with E-state index in [0.29, 0.717) is 18.4 Å². The first-order valence-electron chi connectivity index (χ1n) is 13.5. The fraction of sp³-hybridized carbons (Fsp3) is 0.310. The molecule has 2 aromatic heterocycles. The van der Waals surface area contributed by atoms with Crippen molar-refractivity contribution in [1.29, 1.82) is 0 Å². The number of imide groups is 1. The van der Waals surface area contributed by atoms with Crippen LogP contribution in [-0.2, 0) is 10.6 Å². The molecule has 4 heterocycles. The molecule has 13 heteroatoms. The van der Waals surface area contributed by atoms with Gasteiger partial charge in [-0.1, -0.05) is 50.1 Å². The van der Waals surface area contributed by atoms with Gasteiger partial charge in [0.15, 0.2) is 22.6 Å². The first-order chi connectivity index (χ1) is 20.3. The van der Waals surface area contributed by atoms with Crippen molar-refractivity contribution in [1.82, 2.24) is 24.4 Å². The van der Waals surface area contributed by atoms with E-state index in [4.69, 9.17) is 4.74 Å². The van der Waals surface area contributed by atoms with Gasteiger partial charge in [0.2, 0.25) is 0 Å². The summed E-state index contributed by atoms with van der Waals surface area (Å²) in [4.78, 5) is 54.4. The van der Waals surface area contributed by atoms with Gasteiger partial charge < -0.3 is 25.4 Å². The fourth-order valence-corrected chi connectivity index (χ4v) is 5.77. The maximum absolute atomic E-state index is 13.9. The molecule has 2 aliphatic rings. The summed E-state index contributed by atoms with van der Waals surface area (Å²) in [5.74, 6) is -4.41. The molecule has 0 saturated carbocycles. The molecule has 0 bridgehead atoms. The molecule has 0 radical (unpaired) electrons. The van der Waals surface area contributed by atoms with Gasteiger partial charge in [0.05, 0.1) is 17.7 Å². The maximum Gasteiger partial charge on any atom is 0.270 e. The number of carbonyl (C=O) groups is 3. The van der Waals surface area contributed by atoms with Gasteiger partial charge in [-0.3, -0.25) is 19.0 Å². The number of anilines is 1. The zero-order valence-corrected chi connectivity index (χ0v) is 22.5. The summed E-state index contributed by atoms with van der Waals surface area (Å²) in [6.45, 7) is 1.15. The lowest BCUT2D eigenvalue weighted by molar-refractivity contribution is -0.251. The van der Waals surface area contributed by atoms with Gasteiger partial charge in [-0.2, -0.15) is 0 Å². The number of ether oxygens (including phenoxy) is 1. The number of aromatic nitrogens is 4. The number of rotatable bonds is 8. The second-order valence-electron chi connectivity index (χ2n) is 10.2. The molecule has 4 atom stereocenters. The van der Waals surface area contributed by atoms with E-state index >= 15 is 0 Å². The van der Waals surface area contributed by atoms with Crippen LogP contribution in [0.25, 0.3) is 11.2 Å². The largest absolute Gasteiger partial charge is 0.394 e. The minimum atomic E-state index is -2.42. The summed E-state index contributed by atoms with van der Waals surface area (Å²) in [5, 5.41) is 36.6. The van der Waals surface area contributed by atoms with E-state index in [9.17, 15) is 29.7 Å². The average Bonchev–Trinajstić information content (AvgIpc) is 3.63. The number of imidazole rings is 1. The van der Waals surface area contributed by atoms with Crippen LogP contribution < -0.4 is 5.32 Å². The first kappa shape index (κ1) is 27.6. The molecule has 0 unspecified atom stereocenters. The lowest BCUT2D eigenvalue weighted by Crippen LogP contribution is -2.67. The van der Waals surface area contributed by atoms with E-state index in [-0.39, 0.29) is 34.5 Å². The van der Waals surface area contributed by atoms with Crippen molar-refractivity contribution < 1.29 is 34.4 Å². The molecule has 4 aromatic rings. The summed E-state index contributed by atoms with van der Waals surface area (Å²) in [6, 6.07) is 14.6. The smallest absolute Gasteiger partial charge is 0.270 e. The lowest BCUT2D eigenvalue weighted by Gasteiger charge is -2.46. The summed E-state index contributed by atoms with van der Waals surface area (Å²) in [5.41, 5.74) is -1.71. The van der Waals surface area contributed by atoms with Crippen LogP contribution in [0, 0.1) is 0 Å². The molecule has 0 aliphatic carbocycles. The first-order valence-corrected chi connectivity index (χ1v) is 13.5. The molecule has 216 valence electrons. The molecule has 2 aromatic carbocycles. The SMILES string of the molecule is CCCC[C@@]1(O)[C@H](O)[C@@H](CO)O[C@@]1(N1C(=O)c2ccccc2C1=O)n1cnc2c(NC(=O)c3ccccc3)ncnc21. The van der Waals surface area contributed by atoms with Crippen LogP contribution in [0.5, 0.6) is 0 Å². The number of nitrogens with zero attached hydrogens (tertiary/aromatic N) is 5. The number of aliphatic hydroxyl groups is 3. The molecule has 3 amide bonds. The van der Waals surface area contributed by atoms with Crippen LogP contribution in [0.3, 0.4) is 0 Å². The van der Waals surface area contributed by atoms with Crippen molar-refractivity contribution in [2.45, 2.75) is 49.8 Å². The zero-order chi connectivity index (χ0) is 29.6. The Kier molecular flexibility index (Phi) is 6.81. The van der Waals surface area contributed by atoms with Gasteiger partial charge in [-0.05, 0) is 30.7 Å². The normalized spacial score (nSPS) is 25.3. The number of unbranched alkanes of at least 4 members (excludes halogenated alkanes) is 1. The highest BCUT2D eigenvalue weighted by Crippen LogP contribution is 2.52. The predicted molar refractivity (Wildman–Crippen MR) is 147 cm³/mol. The molecule has 4 N–H and O–H groups in total. The average molecular weight is 573 g/mol. The van der Waals surface area contributed by atoms with Crippen LogP contribution in [0.1, 0.15) is 57.3 Å². The number of amides is 3. The van der Waals surface area contributed by atoms with Gasteiger partial charge in [0, 0.05) is 5.56 Å². The van der Waals surface area contributed by atoms with Gasteiger partial charge >= 0.3 is 0 Å². The van der Waals surface area contributed by atoms with Crippen LogP contribution in [0.4, 0.5) is 5.82 Å². The molecule has 13 nitrogen and oxygen atoms in total. The number of benzene rings is 2. The standard InChI is InChI=1S/C29H28N6O7/c1-2-3-13-28(41)22(37)20(14-36)42-29(28,35-26(39)18-11-7-8-12-19(18)27(35)40)34-16-32-21-23(30-15-31-24(21)34)33-25(38)17-9-5-4-6-10-17/h4-12,15-16,20,22,36-37,41H,2-3,13-14H2,1H3,(H,30,31,33,38)/t20-,22-,28-,29-/m1/s1. The Labute approximate surface area is 239 Å². The molecule has 0 spiro atoms. The summed E-state index contributed by atoms with van der Waals surface area (Å²) in [7, 11) is 0. The Balaban J connectivity index is 1.56. The number of nitrogens with one attached hydrogen (secondary N) is 1. The van der Waals surface area contributed by atoms with E-state index in [1.807, 2.05) is 6.92 Å². The van der Waals surface area contributed by atoms with Crippen molar-refractivity contribution in [2.75, 3.05) is 11.9 Å². The number of fused-ring (bicyclic) bond motifs is 2. The number of hydrogen-bond acceptors (Lipinski definition) is 10. The third-order valence-electron chi connectivity index (χ3n) is 7.84. The molecule has 2 aliphatic heterocycles. The summed E-state index contributed by atoms with van der Waals surface area (Å²) >= 11 is 0. The Morgan fingerprint density at radius 1 is 1.02 bits per heavy atom. The Morgan fingerprint density at radius 3 is 2.33 bits per heavy atom. The molecule has 1 saturated heterocycles. The number of hydrogen-bond donors (Lipinski definition) is 4. The van der Waals surface area contributed by atoms with Crippen molar-refractivity contribution in [3.8, 4) is 0 Å². The second-order valence-corrected chi connectivity index (χ2v) is 10.2. The third kappa shape index (κ3) is 3.85. The zero-order valence-electron chi connectivity index (χ0n) is 22.5. The Bertz CT molecular complexity index is 1660. The molecular weight excluding hydrogens is 544 g/mol. The maximum atomic E-state index is 13.9. The Hall–Kier alpha value is -4.56. The molecule has 1 fully saturated rings. The number of carbonyl (C=O) groups excluding carboxylic acids is 3. The highest BCUT2D eigenvalue weighted by atomic mass is 16.6. The van der Waals surface area contributed by atoms with E-state index in [2.05, 4.69) is 20.3 Å². The lowest BCUT2D eigenvalue weighted by atomic mass is 9.84. The van der Waals surface area contributed by atoms with Crippen LogP contribution in [0.15, 0.2) is 67.3 Å². The van der Waals surface area contributed by atoms with E-state index in [1.54, 1.807) is 42.5 Å². The van der Waals surface area contributed by atoms with Gasteiger partial charge in [0.25, 0.3) is 23.6 Å². The van der Waals surface area contributed by atoms with E-state index < -0.39 is 48.0 Å². The van der Waals surface area contributed by atoms with Crippen molar-refractivity contribution in [2.24, 2.45) is 0 Å². The van der Waals surface area contributed by atoms with Crippen LogP contribution >= 0.6 is 0 Å². The fourth-order valence-electron chi connectivity index (χ4n) is 5.77. The van der Waals surface area contributed by atoms with Crippen molar-refractivity contribution >= 4 is 34.7 Å². The highest BCUT2D eigenvalue weighted by molar-refractivity contribution is 6.21. The van der Waals surface area contributed by atoms with Gasteiger partial charge in [0.1, 0.15) is 24.9 Å². The quantitative estimate of drug-likeness (QED) is 0.227. The summed E-state index contributed by atoms with van der Waals surface area (Å²) in [6.07, 6.45) is 0.112. The van der Waals surface area contributed by atoms with Crippen molar-refractivity contribution in [3.63, 3.8) is 0 Å². The van der Waals surface area contributed by atoms with Crippen LogP contribution in [-0.4, -0.2) is 81.9 Å². The van der Waals surface area contributed by atoms with E-state index in [1.165, 1.54) is 23.0 Å². The topological polar surface area (TPSA) is 180 Å². The van der Waals surface area contributed by atoms with Crippen LogP contribution in [0.2, 0.25) is 0 Å². The Morgan fingerprint density at radius 2 is 1.69 bits per heavy atom. The molecule has 6 rings (SSSR count). The highest BCUT2D eigenvalue weighted by Gasteiger charge is 2.72. The van der Waals surface area contributed by atoms with E-state index in [0.717, 1.165) is 11.2 Å². The molecular formula is C29H28N6O7. The molecule has 42 heavy (non-hydrogen) atoms. The third-order valence-corrected chi connectivity index (χ3v) is 7.84. The second kappa shape index (κ2) is 10.4. The minimum Gasteiger partial charge on any atom is -0.394 e.